The molecule has 2 fully saturated rings. The minimum atomic E-state index is -0.431. The van der Waals surface area contributed by atoms with Crippen molar-refractivity contribution in [1.29, 1.82) is 0 Å². The Hall–Kier alpha value is -0.770. The molecule has 4 nitrogen and oxygen atoms in total. The molecule has 18 heavy (non-hydrogen) atoms. The fourth-order valence-corrected chi connectivity index (χ4v) is 3.51. The normalized spacial score (nSPS) is 34.6. The van der Waals surface area contributed by atoms with Crippen molar-refractivity contribution < 1.29 is 9.53 Å². The van der Waals surface area contributed by atoms with E-state index in [1.807, 2.05) is 25.7 Å². The van der Waals surface area contributed by atoms with Crippen LogP contribution in [0.15, 0.2) is 0 Å². The van der Waals surface area contributed by atoms with Gasteiger partial charge in [-0.1, -0.05) is 13.8 Å². The lowest BCUT2D eigenvalue weighted by Crippen LogP contribution is -2.73. The van der Waals surface area contributed by atoms with Crippen LogP contribution in [0.3, 0.4) is 0 Å². The highest BCUT2D eigenvalue weighted by molar-refractivity contribution is 5.69. The van der Waals surface area contributed by atoms with Crippen LogP contribution in [-0.2, 0) is 4.74 Å². The van der Waals surface area contributed by atoms with Crippen LogP contribution < -0.4 is 5.73 Å². The zero-order chi connectivity index (χ0) is 13.7. The van der Waals surface area contributed by atoms with Gasteiger partial charge in [0, 0.05) is 24.0 Å². The molecular formula is C14H26N2O2. The summed E-state index contributed by atoms with van der Waals surface area (Å²) >= 11 is 0. The Balaban J connectivity index is 2.11. The van der Waals surface area contributed by atoms with E-state index < -0.39 is 5.60 Å². The van der Waals surface area contributed by atoms with Gasteiger partial charge in [-0.15, -0.1) is 0 Å². The van der Waals surface area contributed by atoms with E-state index in [0.717, 1.165) is 19.4 Å². The van der Waals surface area contributed by atoms with E-state index in [2.05, 4.69) is 13.8 Å². The number of fused-ring (bicyclic) bond motifs is 1. The summed E-state index contributed by atoms with van der Waals surface area (Å²) in [5.41, 5.74) is 5.79. The van der Waals surface area contributed by atoms with Gasteiger partial charge < -0.3 is 15.4 Å². The lowest BCUT2D eigenvalue weighted by atomic mass is 9.53. The van der Waals surface area contributed by atoms with Crippen molar-refractivity contribution in [3.63, 3.8) is 0 Å². The molecule has 0 aromatic heterocycles. The van der Waals surface area contributed by atoms with Crippen LogP contribution in [0.25, 0.3) is 0 Å². The first-order valence-corrected chi connectivity index (χ1v) is 6.90. The van der Waals surface area contributed by atoms with Gasteiger partial charge in [-0.3, -0.25) is 0 Å². The molecule has 2 rings (SSSR count). The number of likely N-dealkylation sites (tertiary alicyclic amines) is 1. The quantitative estimate of drug-likeness (QED) is 0.722. The second kappa shape index (κ2) is 4.12. The van der Waals surface area contributed by atoms with E-state index in [-0.39, 0.29) is 23.6 Å². The van der Waals surface area contributed by atoms with Gasteiger partial charge in [0.15, 0.2) is 0 Å². The maximum absolute atomic E-state index is 12.3. The summed E-state index contributed by atoms with van der Waals surface area (Å²) in [6.07, 6.45) is 1.98. The van der Waals surface area contributed by atoms with Crippen LogP contribution in [0.5, 0.6) is 0 Å². The first kappa shape index (κ1) is 13.7. The molecule has 1 aliphatic carbocycles. The van der Waals surface area contributed by atoms with Gasteiger partial charge in [-0.2, -0.15) is 0 Å². The average Bonchev–Trinajstić information content (AvgIpc) is 2.25. The largest absolute Gasteiger partial charge is 0.444 e. The van der Waals surface area contributed by atoms with Crippen molar-refractivity contribution in [2.45, 2.75) is 65.1 Å². The number of amides is 1. The molecule has 0 radical (unpaired) electrons. The van der Waals surface area contributed by atoms with Gasteiger partial charge in [0.2, 0.25) is 0 Å². The molecule has 1 saturated carbocycles. The second-order valence-corrected chi connectivity index (χ2v) is 7.27. The van der Waals surface area contributed by atoms with Crippen molar-refractivity contribution in [3.05, 3.63) is 0 Å². The zero-order valence-corrected chi connectivity index (χ0v) is 12.2. The highest BCUT2D eigenvalue weighted by atomic mass is 16.6. The van der Waals surface area contributed by atoms with Crippen LogP contribution >= 0.6 is 0 Å². The third kappa shape index (κ3) is 2.11. The van der Waals surface area contributed by atoms with Gasteiger partial charge in [-0.05, 0) is 39.5 Å². The standard InChI is InChI=1S/C14H26N2O2/c1-13(2,3)18-12(17)16-8-6-7-9-10(15)14(4,5)11(9)16/h9-11H,6-8,15H2,1-5H3/t9-,10+,11-/m1/s1. The van der Waals surface area contributed by atoms with Crippen molar-refractivity contribution in [1.82, 2.24) is 4.90 Å². The predicted molar refractivity (Wildman–Crippen MR) is 71.2 cm³/mol. The van der Waals surface area contributed by atoms with E-state index in [0.29, 0.717) is 5.92 Å². The monoisotopic (exact) mass is 254 g/mol. The third-order valence-electron chi connectivity index (χ3n) is 4.39. The Morgan fingerprint density at radius 1 is 1.39 bits per heavy atom. The lowest BCUT2D eigenvalue weighted by molar-refractivity contribution is -0.107. The van der Waals surface area contributed by atoms with E-state index in [1.54, 1.807) is 0 Å². The van der Waals surface area contributed by atoms with Crippen LogP contribution in [0, 0.1) is 11.3 Å². The molecular weight excluding hydrogens is 228 g/mol. The molecule has 104 valence electrons. The molecule has 0 spiro atoms. The molecule has 4 heteroatoms. The summed E-state index contributed by atoms with van der Waals surface area (Å²) in [7, 11) is 0. The highest BCUT2D eigenvalue weighted by Crippen LogP contribution is 2.51. The zero-order valence-electron chi connectivity index (χ0n) is 12.2. The van der Waals surface area contributed by atoms with Gasteiger partial charge in [-0.25, -0.2) is 4.79 Å². The summed E-state index contributed by atoms with van der Waals surface area (Å²) < 4.78 is 5.50. The molecule has 0 aromatic carbocycles. The molecule has 1 aliphatic heterocycles. The van der Waals surface area contributed by atoms with E-state index in [1.165, 1.54) is 0 Å². The summed E-state index contributed by atoms with van der Waals surface area (Å²) in [5, 5.41) is 0. The minimum absolute atomic E-state index is 0.00198. The Kier molecular flexibility index (Phi) is 3.13. The minimum Gasteiger partial charge on any atom is -0.444 e. The van der Waals surface area contributed by atoms with Crippen molar-refractivity contribution >= 4 is 6.09 Å². The summed E-state index contributed by atoms with van der Waals surface area (Å²) in [6, 6.07) is 0.448. The molecule has 2 aliphatic rings. The summed E-state index contributed by atoms with van der Waals surface area (Å²) in [5.74, 6) is 0.446. The first-order valence-electron chi connectivity index (χ1n) is 6.90. The second-order valence-electron chi connectivity index (χ2n) is 7.27. The SMILES string of the molecule is CC(C)(C)OC(=O)N1CCC[C@@H]2[C@H](N)C(C)(C)[C@@H]21. The Morgan fingerprint density at radius 2 is 2.00 bits per heavy atom. The Morgan fingerprint density at radius 3 is 2.56 bits per heavy atom. The number of carbonyl (C=O) groups is 1. The van der Waals surface area contributed by atoms with Gasteiger partial charge in [0.25, 0.3) is 0 Å². The van der Waals surface area contributed by atoms with Crippen LogP contribution in [0.2, 0.25) is 0 Å². The first-order chi connectivity index (χ1) is 8.14. The van der Waals surface area contributed by atoms with Crippen LogP contribution in [0.4, 0.5) is 4.79 Å². The summed E-state index contributed by atoms with van der Waals surface area (Å²) in [4.78, 5) is 14.2. The fraction of sp³-hybridized carbons (Fsp3) is 0.929. The molecule has 2 N–H and O–H groups in total. The van der Waals surface area contributed by atoms with Crippen molar-refractivity contribution in [2.75, 3.05) is 6.54 Å². The Labute approximate surface area is 110 Å². The fourth-order valence-electron chi connectivity index (χ4n) is 3.51. The van der Waals surface area contributed by atoms with E-state index in [4.69, 9.17) is 10.5 Å². The smallest absolute Gasteiger partial charge is 0.410 e. The van der Waals surface area contributed by atoms with Crippen molar-refractivity contribution in [3.8, 4) is 0 Å². The maximum Gasteiger partial charge on any atom is 0.410 e. The molecule has 1 amide bonds. The molecule has 0 unspecified atom stereocenters. The Bertz CT molecular complexity index is 346. The average molecular weight is 254 g/mol. The molecule has 0 aromatic rings. The van der Waals surface area contributed by atoms with Gasteiger partial charge in [0.1, 0.15) is 5.60 Å². The van der Waals surface area contributed by atoms with Crippen LogP contribution in [0.1, 0.15) is 47.5 Å². The van der Waals surface area contributed by atoms with Crippen molar-refractivity contribution in [2.24, 2.45) is 17.1 Å². The maximum atomic E-state index is 12.3. The number of hydrogen-bond acceptors (Lipinski definition) is 3. The summed E-state index contributed by atoms with van der Waals surface area (Å²) in [6.45, 7) is 10.8. The third-order valence-corrected chi connectivity index (χ3v) is 4.39. The number of rotatable bonds is 0. The number of hydrogen-bond donors (Lipinski definition) is 1. The van der Waals surface area contributed by atoms with Gasteiger partial charge in [0.05, 0.1) is 0 Å². The number of nitrogens with zero attached hydrogens (tertiary/aromatic N) is 1. The van der Waals surface area contributed by atoms with E-state index >= 15 is 0 Å². The number of nitrogens with two attached hydrogens (primary N) is 1. The molecule has 0 bridgehead atoms. The number of piperidine rings is 1. The number of carbonyl (C=O) groups excluding carboxylic acids is 1. The van der Waals surface area contributed by atoms with Crippen LogP contribution in [-0.4, -0.2) is 35.2 Å². The highest BCUT2D eigenvalue weighted by Gasteiger charge is 2.59. The van der Waals surface area contributed by atoms with E-state index in [9.17, 15) is 4.79 Å². The molecule has 1 heterocycles. The molecule has 3 atom stereocenters. The topological polar surface area (TPSA) is 55.6 Å². The predicted octanol–water partition coefficient (Wildman–Crippen LogP) is 2.37. The molecule has 1 saturated heterocycles. The lowest BCUT2D eigenvalue weighted by Gasteiger charge is -2.62. The van der Waals surface area contributed by atoms with Gasteiger partial charge >= 0.3 is 6.09 Å². The number of ether oxygens (including phenoxy) is 1.